The number of aromatic nitrogens is 1. The third-order valence-corrected chi connectivity index (χ3v) is 8.28. The van der Waals surface area contributed by atoms with E-state index in [2.05, 4.69) is 6.07 Å². The number of benzene rings is 1. The molecule has 0 spiro atoms. The summed E-state index contributed by atoms with van der Waals surface area (Å²) in [4.78, 5) is 19.2. The number of aryl methyl sites for hydroxylation is 2. The summed E-state index contributed by atoms with van der Waals surface area (Å²) in [6.45, 7) is 4.82. The number of pyridine rings is 1. The molecule has 1 unspecified atom stereocenters. The first-order valence-electron chi connectivity index (χ1n) is 14.5. The third-order valence-electron chi connectivity index (χ3n) is 8.28. The third kappa shape index (κ3) is 6.82. The largest absolute Gasteiger partial charge is 0.496 e. The van der Waals surface area contributed by atoms with Crippen molar-refractivity contribution < 1.29 is 33.2 Å². The number of unbranched alkanes of at least 4 members (excludes halogenated alkanes) is 1. The number of nitrogens with zero attached hydrogens (tertiary/aromatic N) is 2. The summed E-state index contributed by atoms with van der Waals surface area (Å²) in [5.74, 6) is -0.492. The average Bonchev–Trinajstić information content (AvgIpc) is 3.39. The van der Waals surface area contributed by atoms with Gasteiger partial charge >= 0.3 is 5.97 Å². The number of halogens is 1. The normalized spacial score (nSPS) is 21.0. The van der Waals surface area contributed by atoms with Gasteiger partial charge in [0.2, 0.25) is 0 Å². The van der Waals surface area contributed by atoms with Crippen molar-refractivity contribution >= 4 is 5.97 Å². The number of carboxylic acids is 1. The van der Waals surface area contributed by atoms with Crippen molar-refractivity contribution in [3.63, 3.8) is 0 Å². The Morgan fingerprint density at radius 3 is 2.83 bits per heavy atom. The van der Waals surface area contributed by atoms with Crippen LogP contribution in [-0.2, 0) is 44.9 Å². The molecule has 0 amide bonds. The van der Waals surface area contributed by atoms with Gasteiger partial charge in [0.15, 0.2) is 0 Å². The number of fused-ring (bicyclic) bond motifs is 1. The highest BCUT2D eigenvalue weighted by Gasteiger charge is 2.37. The number of rotatable bonds is 13. The van der Waals surface area contributed by atoms with Gasteiger partial charge in [0, 0.05) is 42.7 Å². The van der Waals surface area contributed by atoms with Crippen LogP contribution in [0.4, 0.5) is 4.39 Å². The highest BCUT2D eigenvalue weighted by atomic mass is 19.1. The summed E-state index contributed by atoms with van der Waals surface area (Å²) in [6, 6.07) is 5.43. The second kappa shape index (κ2) is 12.9. The molecule has 1 aliphatic carbocycles. The maximum absolute atomic E-state index is 14.3. The van der Waals surface area contributed by atoms with Crippen LogP contribution in [0.25, 0.3) is 0 Å². The van der Waals surface area contributed by atoms with Crippen LogP contribution in [0.3, 0.4) is 0 Å². The summed E-state index contributed by atoms with van der Waals surface area (Å²) >= 11 is 0. The topological polar surface area (TPSA) is 90.4 Å². The minimum Gasteiger partial charge on any atom is -0.496 e. The zero-order valence-electron chi connectivity index (χ0n) is 23.6. The molecule has 1 aromatic carbocycles. The van der Waals surface area contributed by atoms with Crippen LogP contribution >= 0.6 is 0 Å². The van der Waals surface area contributed by atoms with Gasteiger partial charge in [-0.05, 0) is 81.5 Å². The molecule has 2 saturated heterocycles. The fourth-order valence-corrected chi connectivity index (χ4v) is 5.98. The smallest absolute Gasteiger partial charge is 0.325 e. The van der Waals surface area contributed by atoms with Crippen LogP contribution in [0, 0.1) is 5.82 Å². The van der Waals surface area contributed by atoms with Crippen molar-refractivity contribution in [3.05, 3.63) is 58.2 Å². The molecule has 9 heteroatoms. The molecule has 3 heterocycles. The molecule has 3 aliphatic rings. The number of hydrogen-bond donors (Lipinski definition) is 1. The van der Waals surface area contributed by atoms with Crippen LogP contribution in [0.2, 0.25) is 0 Å². The number of carbonyl (C=O) groups is 1. The van der Waals surface area contributed by atoms with Gasteiger partial charge in [-0.25, -0.2) is 4.39 Å². The van der Waals surface area contributed by atoms with Crippen LogP contribution in [-0.4, -0.2) is 72.7 Å². The van der Waals surface area contributed by atoms with E-state index in [1.807, 2.05) is 11.8 Å². The lowest BCUT2D eigenvalue weighted by molar-refractivity contribution is -0.204. The molecule has 0 bridgehead atoms. The van der Waals surface area contributed by atoms with E-state index in [0.29, 0.717) is 44.0 Å². The maximum Gasteiger partial charge on any atom is 0.325 e. The van der Waals surface area contributed by atoms with Gasteiger partial charge in [-0.15, -0.1) is 0 Å². The Labute approximate surface area is 235 Å². The number of ether oxygens (including phenoxy) is 4. The quantitative estimate of drug-likeness (QED) is 0.357. The van der Waals surface area contributed by atoms with E-state index in [1.165, 1.54) is 36.2 Å². The Bertz CT molecular complexity index is 1170. The predicted molar refractivity (Wildman–Crippen MR) is 147 cm³/mol. The van der Waals surface area contributed by atoms with Crippen LogP contribution in [0.1, 0.15) is 73.1 Å². The molecule has 0 radical (unpaired) electrons. The molecule has 0 saturated carbocycles. The van der Waals surface area contributed by atoms with Gasteiger partial charge in [0.1, 0.15) is 23.2 Å². The Kier molecular flexibility index (Phi) is 9.35. The van der Waals surface area contributed by atoms with E-state index < -0.39 is 17.8 Å². The summed E-state index contributed by atoms with van der Waals surface area (Å²) < 4.78 is 37.3. The lowest BCUT2D eigenvalue weighted by Crippen LogP contribution is -2.49. The first-order chi connectivity index (χ1) is 19.3. The molecular weight excluding hydrogens is 515 g/mol. The van der Waals surface area contributed by atoms with Crippen molar-refractivity contribution in [1.82, 2.24) is 9.88 Å². The summed E-state index contributed by atoms with van der Waals surface area (Å²) in [5.41, 5.74) is 4.26. The molecule has 1 N–H and O–H groups in total. The molecule has 40 heavy (non-hydrogen) atoms. The van der Waals surface area contributed by atoms with Gasteiger partial charge in [0.05, 0.1) is 33.0 Å². The predicted octanol–water partition coefficient (Wildman–Crippen LogP) is 4.65. The van der Waals surface area contributed by atoms with Crippen molar-refractivity contribution in [3.8, 4) is 5.75 Å². The molecule has 2 atom stereocenters. The minimum atomic E-state index is -1.00. The van der Waals surface area contributed by atoms with Gasteiger partial charge in [-0.2, -0.15) is 0 Å². The van der Waals surface area contributed by atoms with Gasteiger partial charge in [0.25, 0.3) is 0 Å². The van der Waals surface area contributed by atoms with Crippen molar-refractivity contribution in [2.75, 3.05) is 40.0 Å². The Morgan fingerprint density at radius 1 is 1.25 bits per heavy atom. The Hall–Kier alpha value is -2.59. The maximum atomic E-state index is 14.3. The van der Waals surface area contributed by atoms with Crippen molar-refractivity contribution in [2.24, 2.45) is 0 Å². The van der Waals surface area contributed by atoms with Gasteiger partial charge < -0.3 is 24.1 Å². The average molecular weight is 557 g/mol. The number of aliphatic carboxylic acids is 1. The van der Waals surface area contributed by atoms with E-state index in [1.54, 1.807) is 13.2 Å². The number of methoxy groups -OCH3 is 1. The molecule has 2 aliphatic heterocycles. The Morgan fingerprint density at radius 2 is 2.08 bits per heavy atom. The van der Waals surface area contributed by atoms with E-state index in [0.717, 1.165) is 50.0 Å². The SMILES string of the molecule is COc1cc(CCCCO[C@@H]2CCN(C(C(=O)O)c3cc(F)ccc3COC3(C)COC3)C2)nc2c1CCCC2. The van der Waals surface area contributed by atoms with Crippen LogP contribution < -0.4 is 4.74 Å². The molecule has 8 nitrogen and oxygen atoms in total. The van der Waals surface area contributed by atoms with Gasteiger partial charge in [-0.1, -0.05) is 6.07 Å². The van der Waals surface area contributed by atoms with Crippen LogP contribution in [0.5, 0.6) is 5.75 Å². The van der Waals surface area contributed by atoms with E-state index >= 15 is 0 Å². The summed E-state index contributed by atoms with van der Waals surface area (Å²) in [5, 5.41) is 10.2. The summed E-state index contributed by atoms with van der Waals surface area (Å²) in [6.07, 6.45) is 7.87. The Balaban J connectivity index is 1.12. The highest BCUT2D eigenvalue weighted by molar-refractivity contribution is 5.76. The monoisotopic (exact) mass is 556 g/mol. The van der Waals surface area contributed by atoms with E-state index in [4.69, 9.17) is 23.9 Å². The molecule has 218 valence electrons. The fourth-order valence-electron chi connectivity index (χ4n) is 5.98. The molecule has 5 rings (SSSR count). The van der Waals surface area contributed by atoms with E-state index in [9.17, 15) is 14.3 Å². The first kappa shape index (κ1) is 28.9. The standard InChI is InChI=1S/C31H41FN2O6/c1-31(19-38-20-31)40-18-21-10-11-22(32)15-26(21)29(30(35)36)34-13-12-24(17-34)39-14-6-5-7-23-16-28(37-2)25-8-3-4-9-27(25)33-23/h10-11,15-16,24,29H,3-9,12-14,17-20H2,1-2H3,(H,35,36)/t24-,29?/m1/s1. The zero-order valence-corrected chi connectivity index (χ0v) is 23.6. The first-order valence-corrected chi connectivity index (χ1v) is 14.5. The number of carboxylic acid groups (broad SMARTS) is 1. The molecule has 1 aromatic heterocycles. The number of likely N-dealkylation sites (tertiary alicyclic amines) is 1. The molecule has 2 fully saturated rings. The summed E-state index contributed by atoms with van der Waals surface area (Å²) in [7, 11) is 1.73. The lowest BCUT2D eigenvalue weighted by atomic mass is 9.94. The van der Waals surface area contributed by atoms with Gasteiger partial charge in [-0.3, -0.25) is 14.7 Å². The number of hydrogen-bond acceptors (Lipinski definition) is 7. The fraction of sp³-hybridized carbons (Fsp3) is 0.613. The minimum absolute atomic E-state index is 0.0527. The highest BCUT2D eigenvalue weighted by Crippen LogP contribution is 2.32. The van der Waals surface area contributed by atoms with Crippen LogP contribution in [0.15, 0.2) is 24.3 Å². The lowest BCUT2D eigenvalue weighted by Gasteiger charge is -2.38. The van der Waals surface area contributed by atoms with Crippen molar-refractivity contribution in [1.29, 1.82) is 0 Å². The second-order valence-corrected chi connectivity index (χ2v) is 11.5. The van der Waals surface area contributed by atoms with Crippen molar-refractivity contribution in [2.45, 2.75) is 82.6 Å². The zero-order chi connectivity index (χ0) is 28.1. The molecular formula is C31H41FN2O6. The molecule has 2 aromatic rings. The van der Waals surface area contributed by atoms with E-state index in [-0.39, 0.29) is 18.3 Å². The second-order valence-electron chi connectivity index (χ2n) is 11.5.